The summed E-state index contributed by atoms with van der Waals surface area (Å²) in [5.74, 6) is -0.659. The van der Waals surface area contributed by atoms with Crippen molar-refractivity contribution in [3.8, 4) is 5.75 Å². The molecule has 0 N–H and O–H groups in total. The first-order valence-corrected chi connectivity index (χ1v) is 8.90. The van der Waals surface area contributed by atoms with E-state index in [0.717, 1.165) is 5.69 Å². The lowest BCUT2D eigenvalue weighted by Gasteiger charge is -2.28. The Hall–Kier alpha value is -3.80. The number of ether oxygens (including phenoxy) is 3. The molecule has 3 aromatic carbocycles. The predicted molar refractivity (Wildman–Crippen MR) is 110 cm³/mol. The van der Waals surface area contributed by atoms with Crippen molar-refractivity contribution in [2.75, 3.05) is 26.2 Å². The molecule has 0 aliphatic carbocycles. The van der Waals surface area contributed by atoms with Crippen LogP contribution in [-0.2, 0) is 9.47 Å². The molecule has 3 aromatic rings. The average molecular weight is 391 g/mol. The van der Waals surface area contributed by atoms with Crippen molar-refractivity contribution >= 4 is 29.0 Å². The molecule has 0 spiro atoms. The minimum atomic E-state index is -0.642. The van der Waals surface area contributed by atoms with Crippen LogP contribution in [0.2, 0.25) is 0 Å². The SMILES string of the molecule is COC(=O)c1cccc(N(c2ccccc2)c2ccccc2OC)c1C(=O)OC. The van der Waals surface area contributed by atoms with Gasteiger partial charge in [-0.2, -0.15) is 0 Å². The molecule has 0 saturated heterocycles. The zero-order valence-corrected chi connectivity index (χ0v) is 16.4. The van der Waals surface area contributed by atoms with E-state index < -0.39 is 11.9 Å². The maximum atomic E-state index is 12.7. The fourth-order valence-corrected chi connectivity index (χ4v) is 3.12. The van der Waals surface area contributed by atoms with E-state index >= 15 is 0 Å². The highest BCUT2D eigenvalue weighted by atomic mass is 16.5. The molecule has 6 heteroatoms. The first-order valence-electron chi connectivity index (χ1n) is 8.90. The molecule has 0 fully saturated rings. The Kier molecular flexibility index (Phi) is 6.14. The summed E-state index contributed by atoms with van der Waals surface area (Å²) in [5, 5.41) is 0. The number of para-hydroxylation sites is 3. The number of rotatable bonds is 6. The highest BCUT2D eigenvalue weighted by molar-refractivity contribution is 6.08. The third-order valence-electron chi connectivity index (χ3n) is 4.42. The lowest BCUT2D eigenvalue weighted by atomic mass is 10.0. The van der Waals surface area contributed by atoms with Crippen LogP contribution in [0.1, 0.15) is 20.7 Å². The van der Waals surface area contributed by atoms with Gasteiger partial charge in [0.2, 0.25) is 0 Å². The molecule has 0 aromatic heterocycles. The fourth-order valence-electron chi connectivity index (χ4n) is 3.12. The molecule has 0 aliphatic heterocycles. The minimum Gasteiger partial charge on any atom is -0.495 e. The molecule has 0 radical (unpaired) electrons. The summed E-state index contributed by atoms with van der Waals surface area (Å²) in [6, 6.07) is 21.9. The zero-order chi connectivity index (χ0) is 20.8. The van der Waals surface area contributed by atoms with Gasteiger partial charge in [-0.25, -0.2) is 9.59 Å². The van der Waals surface area contributed by atoms with E-state index in [1.54, 1.807) is 19.2 Å². The van der Waals surface area contributed by atoms with E-state index in [9.17, 15) is 9.59 Å². The van der Waals surface area contributed by atoms with Crippen LogP contribution in [-0.4, -0.2) is 33.3 Å². The van der Waals surface area contributed by atoms with Crippen LogP contribution in [0, 0.1) is 0 Å². The number of anilines is 3. The summed E-state index contributed by atoms with van der Waals surface area (Å²) >= 11 is 0. The van der Waals surface area contributed by atoms with Crippen LogP contribution in [0.3, 0.4) is 0 Å². The molecule has 0 amide bonds. The van der Waals surface area contributed by atoms with Crippen molar-refractivity contribution in [3.63, 3.8) is 0 Å². The Morgan fingerprint density at radius 1 is 0.690 bits per heavy atom. The molecular formula is C23H21NO5. The van der Waals surface area contributed by atoms with Crippen molar-refractivity contribution in [1.82, 2.24) is 0 Å². The molecular weight excluding hydrogens is 370 g/mol. The van der Waals surface area contributed by atoms with Crippen molar-refractivity contribution in [2.24, 2.45) is 0 Å². The number of nitrogens with zero attached hydrogens (tertiary/aromatic N) is 1. The zero-order valence-electron chi connectivity index (χ0n) is 16.4. The van der Waals surface area contributed by atoms with Crippen molar-refractivity contribution in [2.45, 2.75) is 0 Å². The van der Waals surface area contributed by atoms with Gasteiger partial charge in [-0.05, 0) is 36.4 Å². The molecule has 6 nitrogen and oxygen atoms in total. The summed E-state index contributed by atoms with van der Waals surface area (Å²) in [6.07, 6.45) is 0. The second kappa shape index (κ2) is 8.93. The van der Waals surface area contributed by atoms with Gasteiger partial charge in [0, 0.05) is 5.69 Å². The Bertz CT molecular complexity index is 1020. The third-order valence-corrected chi connectivity index (χ3v) is 4.42. The van der Waals surface area contributed by atoms with E-state index in [1.807, 2.05) is 59.5 Å². The summed E-state index contributed by atoms with van der Waals surface area (Å²) in [6.45, 7) is 0. The van der Waals surface area contributed by atoms with Gasteiger partial charge in [-0.1, -0.05) is 36.4 Å². The standard InChI is InChI=1S/C23H21NO5/c1-27-20-15-8-7-13-18(20)24(16-10-5-4-6-11-16)19-14-9-12-17(22(25)28-2)21(19)23(26)29-3/h4-15H,1-3H3. The van der Waals surface area contributed by atoms with Crippen LogP contribution in [0.15, 0.2) is 72.8 Å². The van der Waals surface area contributed by atoms with Crippen LogP contribution in [0.5, 0.6) is 5.75 Å². The molecule has 0 aliphatic rings. The van der Waals surface area contributed by atoms with E-state index in [0.29, 0.717) is 17.1 Å². The second-order valence-corrected chi connectivity index (χ2v) is 6.03. The summed E-state index contributed by atoms with van der Waals surface area (Å²) in [4.78, 5) is 26.9. The van der Waals surface area contributed by atoms with E-state index in [4.69, 9.17) is 14.2 Å². The van der Waals surface area contributed by atoms with Crippen LogP contribution < -0.4 is 9.64 Å². The normalized spacial score (nSPS) is 10.2. The number of methoxy groups -OCH3 is 3. The first kappa shape index (κ1) is 19.9. The van der Waals surface area contributed by atoms with Gasteiger partial charge in [0.25, 0.3) is 0 Å². The maximum absolute atomic E-state index is 12.7. The first-order chi connectivity index (χ1) is 14.1. The smallest absolute Gasteiger partial charge is 0.340 e. The maximum Gasteiger partial charge on any atom is 0.340 e. The molecule has 3 rings (SSSR count). The molecule has 0 unspecified atom stereocenters. The summed E-state index contributed by atoms with van der Waals surface area (Å²) in [5.41, 5.74) is 2.18. The molecule has 0 bridgehead atoms. The molecule has 0 atom stereocenters. The van der Waals surface area contributed by atoms with Gasteiger partial charge < -0.3 is 19.1 Å². The number of benzene rings is 3. The average Bonchev–Trinajstić information content (AvgIpc) is 2.79. The van der Waals surface area contributed by atoms with Gasteiger partial charge in [0.05, 0.1) is 43.8 Å². The lowest BCUT2D eigenvalue weighted by molar-refractivity contribution is 0.0556. The quantitative estimate of drug-likeness (QED) is 0.566. The van der Waals surface area contributed by atoms with Crippen molar-refractivity contribution in [3.05, 3.63) is 83.9 Å². The van der Waals surface area contributed by atoms with Gasteiger partial charge >= 0.3 is 11.9 Å². The van der Waals surface area contributed by atoms with Crippen LogP contribution in [0.25, 0.3) is 0 Å². The molecule has 0 saturated carbocycles. The number of hydrogen-bond acceptors (Lipinski definition) is 6. The summed E-state index contributed by atoms with van der Waals surface area (Å²) in [7, 11) is 4.12. The lowest BCUT2D eigenvalue weighted by Crippen LogP contribution is -2.19. The Morgan fingerprint density at radius 3 is 1.97 bits per heavy atom. The van der Waals surface area contributed by atoms with Crippen LogP contribution >= 0.6 is 0 Å². The Morgan fingerprint density at radius 2 is 1.31 bits per heavy atom. The molecule has 0 heterocycles. The van der Waals surface area contributed by atoms with Gasteiger partial charge in [0.1, 0.15) is 5.75 Å². The van der Waals surface area contributed by atoms with Crippen molar-refractivity contribution in [1.29, 1.82) is 0 Å². The Balaban J connectivity index is 2.35. The van der Waals surface area contributed by atoms with E-state index in [2.05, 4.69) is 0 Å². The highest BCUT2D eigenvalue weighted by Gasteiger charge is 2.27. The van der Waals surface area contributed by atoms with Crippen LogP contribution in [0.4, 0.5) is 17.1 Å². The third kappa shape index (κ3) is 3.91. The van der Waals surface area contributed by atoms with E-state index in [-0.39, 0.29) is 11.1 Å². The largest absolute Gasteiger partial charge is 0.495 e. The van der Waals surface area contributed by atoms with E-state index in [1.165, 1.54) is 20.3 Å². The molecule has 29 heavy (non-hydrogen) atoms. The highest BCUT2D eigenvalue weighted by Crippen LogP contribution is 2.42. The predicted octanol–water partition coefficient (Wildman–Crippen LogP) is 4.74. The second-order valence-electron chi connectivity index (χ2n) is 6.03. The number of hydrogen-bond donors (Lipinski definition) is 0. The summed E-state index contributed by atoms with van der Waals surface area (Å²) < 4.78 is 15.4. The van der Waals surface area contributed by atoms with Gasteiger partial charge in [0.15, 0.2) is 0 Å². The van der Waals surface area contributed by atoms with Crippen molar-refractivity contribution < 1.29 is 23.8 Å². The van der Waals surface area contributed by atoms with Gasteiger partial charge in [-0.3, -0.25) is 0 Å². The fraction of sp³-hybridized carbons (Fsp3) is 0.130. The minimum absolute atomic E-state index is 0.108. The number of carbonyl (C=O) groups is 2. The Labute approximate surface area is 169 Å². The molecule has 148 valence electrons. The topological polar surface area (TPSA) is 65.1 Å². The van der Waals surface area contributed by atoms with Gasteiger partial charge in [-0.15, -0.1) is 0 Å². The number of carbonyl (C=O) groups excluding carboxylic acids is 2. The number of esters is 2. The monoisotopic (exact) mass is 391 g/mol.